The lowest BCUT2D eigenvalue weighted by molar-refractivity contribution is -0.359. The predicted molar refractivity (Wildman–Crippen MR) is 368 cm³/mol. The van der Waals surface area contributed by atoms with Crippen molar-refractivity contribution < 1.29 is 64.6 Å². The number of carbonyl (C=O) groups is 1. The molecule has 0 saturated carbocycles. The Morgan fingerprint density at radius 3 is 1.22 bits per heavy atom. The van der Waals surface area contributed by atoms with Crippen LogP contribution in [0.25, 0.3) is 0 Å². The van der Waals surface area contributed by atoms with E-state index in [1.807, 2.05) is 6.08 Å². The first-order valence-electron chi connectivity index (χ1n) is 35.8. The van der Waals surface area contributed by atoms with Gasteiger partial charge in [0.1, 0.15) is 48.8 Å². The first kappa shape index (κ1) is 82.5. The van der Waals surface area contributed by atoms with Crippen molar-refractivity contribution in [2.45, 2.75) is 331 Å². The topological polar surface area (TPSA) is 228 Å². The zero-order valence-corrected chi connectivity index (χ0v) is 56.1. The number of nitrogens with one attached hydrogen (secondary N) is 1. The Labute approximate surface area is 546 Å². The summed E-state index contributed by atoms with van der Waals surface area (Å²) in [6.45, 7) is 2.67. The van der Waals surface area contributed by atoms with Crippen LogP contribution in [0.3, 0.4) is 0 Å². The van der Waals surface area contributed by atoms with Gasteiger partial charge >= 0.3 is 0 Å². The summed E-state index contributed by atoms with van der Waals surface area (Å²) in [4.78, 5) is 13.3. The summed E-state index contributed by atoms with van der Waals surface area (Å²) in [5.74, 6) is -0.263. The number of ether oxygens (including phenoxy) is 4. The lowest BCUT2D eigenvalue weighted by Crippen LogP contribution is -2.65. The number of aliphatic hydroxyl groups is 8. The monoisotopic (exact) mass is 1260 g/mol. The van der Waals surface area contributed by atoms with Crippen molar-refractivity contribution in [2.75, 3.05) is 19.8 Å². The van der Waals surface area contributed by atoms with Gasteiger partial charge in [0.15, 0.2) is 12.6 Å². The number of amides is 1. The lowest BCUT2D eigenvalue weighted by Gasteiger charge is -2.46. The van der Waals surface area contributed by atoms with Gasteiger partial charge < -0.3 is 65.1 Å². The van der Waals surface area contributed by atoms with Crippen molar-refractivity contribution in [3.05, 3.63) is 122 Å². The van der Waals surface area contributed by atoms with Gasteiger partial charge in [-0.05, 0) is 103 Å². The van der Waals surface area contributed by atoms with Crippen LogP contribution in [-0.2, 0) is 23.7 Å². The maximum absolute atomic E-state index is 13.3. The third-order valence-corrected chi connectivity index (χ3v) is 16.6. The molecule has 516 valence electrons. The number of allylic oxidation sites excluding steroid dienone is 19. The summed E-state index contributed by atoms with van der Waals surface area (Å²) < 4.78 is 22.8. The second kappa shape index (κ2) is 59.2. The molecule has 2 aliphatic heterocycles. The molecule has 0 aromatic rings. The number of hydrogen-bond donors (Lipinski definition) is 9. The van der Waals surface area contributed by atoms with Crippen LogP contribution in [0.1, 0.15) is 258 Å². The van der Waals surface area contributed by atoms with Gasteiger partial charge in [-0.3, -0.25) is 4.79 Å². The van der Waals surface area contributed by atoms with E-state index in [1.54, 1.807) is 6.08 Å². The minimum atomic E-state index is -1.80. The maximum Gasteiger partial charge on any atom is 0.220 e. The molecular formula is C76H129NO13. The summed E-state index contributed by atoms with van der Waals surface area (Å²) in [6, 6.07) is -0.952. The van der Waals surface area contributed by atoms with E-state index < -0.39 is 86.8 Å². The summed E-state index contributed by atoms with van der Waals surface area (Å²) in [5.41, 5.74) is 0. The highest BCUT2D eigenvalue weighted by Gasteiger charge is 2.51. The Kier molecular flexibility index (Phi) is 54.2. The molecule has 2 saturated heterocycles. The molecule has 0 aromatic heterocycles. The largest absolute Gasteiger partial charge is 0.394 e. The van der Waals surface area contributed by atoms with E-state index in [-0.39, 0.29) is 18.9 Å². The first-order chi connectivity index (χ1) is 44.1. The van der Waals surface area contributed by atoms with E-state index in [2.05, 4.69) is 129 Å². The number of rotatable bonds is 57. The molecule has 0 aromatic carbocycles. The van der Waals surface area contributed by atoms with Crippen LogP contribution in [0.15, 0.2) is 122 Å². The van der Waals surface area contributed by atoms with Gasteiger partial charge in [-0.1, -0.05) is 270 Å². The van der Waals surface area contributed by atoms with Gasteiger partial charge in [-0.2, -0.15) is 0 Å². The van der Waals surface area contributed by atoms with Gasteiger partial charge in [0, 0.05) is 6.42 Å². The fourth-order valence-electron chi connectivity index (χ4n) is 11.0. The Bertz CT molecular complexity index is 1980. The van der Waals surface area contributed by atoms with Crippen LogP contribution in [0.4, 0.5) is 0 Å². The van der Waals surface area contributed by atoms with Crippen LogP contribution in [0.2, 0.25) is 0 Å². The van der Waals surface area contributed by atoms with Crippen LogP contribution >= 0.6 is 0 Å². The summed E-state index contributed by atoms with van der Waals surface area (Å²) in [7, 11) is 0. The molecule has 2 heterocycles. The average Bonchev–Trinajstić information content (AvgIpc) is 1.42. The van der Waals surface area contributed by atoms with E-state index in [1.165, 1.54) is 122 Å². The zero-order chi connectivity index (χ0) is 65.2. The predicted octanol–water partition coefficient (Wildman–Crippen LogP) is 14.9. The fourth-order valence-corrected chi connectivity index (χ4v) is 11.0. The van der Waals surface area contributed by atoms with Gasteiger partial charge in [0.25, 0.3) is 0 Å². The summed E-state index contributed by atoms with van der Waals surface area (Å²) in [5, 5.41) is 87.4. The SMILES string of the molecule is CC/C=C\C/C=C\C/C=C\C/C=C\C/C=C\C/C=C\C/C=C\CCCCCCCCCCCC(=O)NC(COC1OC(CO)C(OC2OC(CO)C(O)C(O)C2O)C(O)C1O)C(O)/C=C/CC/C=C/CC/C=C/CCCCCCCCCCCCCCCCC. The van der Waals surface area contributed by atoms with Crippen LogP contribution in [-0.4, -0.2) is 140 Å². The van der Waals surface area contributed by atoms with E-state index in [4.69, 9.17) is 18.9 Å². The second-order valence-electron chi connectivity index (χ2n) is 24.6. The third-order valence-electron chi connectivity index (χ3n) is 16.6. The molecule has 2 fully saturated rings. The molecule has 0 aliphatic carbocycles. The van der Waals surface area contributed by atoms with Crippen LogP contribution in [0, 0.1) is 0 Å². The molecule has 0 radical (unpaired) electrons. The molecule has 2 aliphatic rings. The van der Waals surface area contributed by atoms with Crippen molar-refractivity contribution in [1.29, 1.82) is 0 Å². The maximum atomic E-state index is 13.3. The molecule has 9 N–H and O–H groups in total. The van der Waals surface area contributed by atoms with Crippen LogP contribution in [0.5, 0.6) is 0 Å². The Balaban J connectivity index is 1.71. The highest BCUT2D eigenvalue weighted by Crippen LogP contribution is 2.30. The number of hydrogen-bond acceptors (Lipinski definition) is 13. The minimum Gasteiger partial charge on any atom is -0.394 e. The van der Waals surface area contributed by atoms with Crippen molar-refractivity contribution in [2.24, 2.45) is 0 Å². The number of aliphatic hydroxyl groups excluding tert-OH is 8. The summed E-state index contributed by atoms with van der Waals surface area (Å²) >= 11 is 0. The standard InChI is InChI=1S/C76H129NO13/c1-3-5-7-9-11-13-15-17-19-21-23-25-27-29-30-31-32-33-34-36-38-40-42-44-46-48-50-52-54-56-58-60-68(81)77-64(63-87-75-73(86)71(84)74(67(62-79)89-75)90-76-72(85)70(83)69(82)66(61-78)88-76)65(80)59-57-55-53-51-49-47-45-43-41-39-37-35-28-26-24-22-20-18-16-14-12-10-8-6-4-2/h5,7,11,13,17,19,23,25,29-30,32-33,36,38,41,43,49,51,57,59,64-67,69-76,78-80,82-86H,3-4,6,8-10,12,14-16,18,20-22,24,26-28,31,34-35,37,39-40,42,44-48,50,52-56,58,60-63H2,1-2H3,(H,77,81)/b7-5-,13-11-,19-17-,25-23-,30-29-,33-32-,38-36-,43-41+,51-49+,59-57+. The van der Waals surface area contributed by atoms with Gasteiger partial charge in [0.2, 0.25) is 5.91 Å². The number of carbonyl (C=O) groups excluding carboxylic acids is 1. The normalized spacial score (nSPS) is 23.7. The lowest BCUT2D eigenvalue weighted by atomic mass is 9.97. The molecule has 0 bridgehead atoms. The first-order valence-corrected chi connectivity index (χ1v) is 35.8. The molecule has 90 heavy (non-hydrogen) atoms. The highest BCUT2D eigenvalue weighted by atomic mass is 16.7. The Morgan fingerprint density at radius 2 is 0.778 bits per heavy atom. The molecular weight excluding hydrogens is 1130 g/mol. The Morgan fingerprint density at radius 1 is 0.411 bits per heavy atom. The highest BCUT2D eigenvalue weighted by molar-refractivity contribution is 5.76. The summed E-state index contributed by atoms with van der Waals surface area (Å²) in [6.07, 6.45) is 69.6. The molecule has 12 unspecified atom stereocenters. The van der Waals surface area contributed by atoms with Crippen molar-refractivity contribution in [3.8, 4) is 0 Å². The van der Waals surface area contributed by atoms with E-state index in [9.17, 15) is 45.6 Å². The van der Waals surface area contributed by atoms with Crippen molar-refractivity contribution >= 4 is 5.91 Å². The third kappa shape index (κ3) is 42.6. The van der Waals surface area contributed by atoms with Gasteiger partial charge in [0.05, 0.1) is 32.0 Å². The zero-order valence-electron chi connectivity index (χ0n) is 56.1. The molecule has 2 rings (SSSR count). The molecule has 1 amide bonds. The second-order valence-corrected chi connectivity index (χ2v) is 24.6. The quantitative estimate of drug-likeness (QED) is 0.0204. The fraction of sp³-hybridized carbons (Fsp3) is 0.724. The Hall–Kier alpha value is -3.61. The van der Waals surface area contributed by atoms with Crippen LogP contribution < -0.4 is 5.32 Å². The minimum absolute atomic E-state index is 0.255. The molecule has 0 spiro atoms. The van der Waals surface area contributed by atoms with E-state index >= 15 is 0 Å². The van der Waals surface area contributed by atoms with Crippen molar-refractivity contribution in [1.82, 2.24) is 5.32 Å². The van der Waals surface area contributed by atoms with E-state index in [0.29, 0.717) is 12.8 Å². The van der Waals surface area contributed by atoms with Gasteiger partial charge in [-0.15, -0.1) is 0 Å². The molecule has 14 nitrogen and oxygen atoms in total. The number of unbranched alkanes of at least 4 members (excludes halogenated alkanes) is 26. The molecule has 12 atom stereocenters. The average molecular weight is 1260 g/mol. The van der Waals surface area contributed by atoms with E-state index in [0.717, 1.165) is 103 Å². The van der Waals surface area contributed by atoms with Gasteiger partial charge in [-0.25, -0.2) is 0 Å². The molecule has 14 heteroatoms. The van der Waals surface area contributed by atoms with Crippen molar-refractivity contribution in [3.63, 3.8) is 0 Å². The smallest absolute Gasteiger partial charge is 0.220 e.